The molecule has 1 aliphatic heterocycles. The molecule has 0 aliphatic carbocycles. The molecule has 1 fully saturated rings. The lowest BCUT2D eigenvalue weighted by Gasteiger charge is -2.35. The van der Waals surface area contributed by atoms with E-state index >= 15 is 0 Å². The zero-order valence-corrected chi connectivity index (χ0v) is 16.4. The average molecular weight is 385 g/mol. The molecule has 1 saturated heterocycles. The summed E-state index contributed by atoms with van der Waals surface area (Å²) in [4.78, 5) is 13.2. The molecule has 26 heavy (non-hydrogen) atoms. The minimum absolute atomic E-state index is 0.245. The van der Waals surface area contributed by atoms with E-state index in [9.17, 15) is 13.2 Å². The lowest BCUT2D eigenvalue weighted by molar-refractivity contribution is 0.0925. The number of benzene rings is 1. The molecule has 1 amide bonds. The minimum atomic E-state index is -3.58. The Morgan fingerprint density at radius 3 is 2.46 bits per heavy atom. The lowest BCUT2D eigenvalue weighted by Crippen LogP contribution is -2.54. The number of aryl methyl sites for hydroxylation is 1. The van der Waals surface area contributed by atoms with Crippen LogP contribution in [0.25, 0.3) is 0 Å². The Morgan fingerprint density at radius 1 is 1.19 bits per heavy atom. The predicted octanol–water partition coefficient (Wildman–Crippen LogP) is 1.32. The van der Waals surface area contributed by atoms with Gasteiger partial charge in [0.25, 0.3) is 10.2 Å². The van der Waals surface area contributed by atoms with Gasteiger partial charge in [-0.25, -0.2) is 4.79 Å². The van der Waals surface area contributed by atoms with Crippen LogP contribution >= 0.6 is 0 Å². The van der Waals surface area contributed by atoms with E-state index in [2.05, 4.69) is 0 Å². The van der Waals surface area contributed by atoms with Crippen LogP contribution < -0.4 is 4.74 Å². The normalized spacial score (nSPS) is 15.9. The first-order valence-electron chi connectivity index (χ1n) is 8.67. The van der Waals surface area contributed by atoms with E-state index in [-0.39, 0.29) is 26.2 Å². The van der Waals surface area contributed by atoms with Crippen molar-refractivity contribution in [2.45, 2.75) is 13.8 Å². The quantitative estimate of drug-likeness (QED) is 0.707. The second-order valence-corrected chi connectivity index (χ2v) is 8.06. The second kappa shape index (κ2) is 9.20. The minimum Gasteiger partial charge on any atom is -0.492 e. The highest BCUT2D eigenvalue weighted by molar-refractivity contribution is 7.86. The van der Waals surface area contributed by atoms with E-state index in [0.29, 0.717) is 19.7 Å². The van der Waals surface area contributed by atoms with Crippen molar-refractivity contribution < 1.29 is 22.7 Å². The van der Waals surface area contributed by atoms with E-state index in [1.165, 1.54) is 20.6 Å². The number of likely N-dealkylation sites (N-methyl/N-ethyl adjacent to an activating group) is 1. The van der Waals surface area contributed by atoms with Crippen molar-refractivity contribution in [3.05, 3.63) is 29.8 Å². The summed E-state index contributed by atoms with van der Waals surface area (Å²) in [5, 5.41) is 0. The number of ether oxygens (including phenoxy) is 2. The Bertz CT molecular complexity index is 702. The maximum absolute atomic E-state index is 12.7. The summed E-state index contributed by atoms with van der Waals surface area (Å²) >= 11 is 0. The van der Waals surface area contributed by atoms with Gasteiger partial charge in [0.15, 0.2) is 0 Å². The topological polar surface area (TPSA) is 79.4 Å². The van der Waals surface area contributed by atoms with E-state index in [1.54, 1.807) is 6.92 Å². The molecule has 1 aromatic rings. The molecule has 8 nitrogen and oxygen atoms in total. The number of para-hydroxylation sites is 1. The van der Waals surface area contributed by atoms with Crippen molar-refractivity contribution in [2.75, 3.05) is 53.0 Å². The zero-order chi connectivity index (χ0) is 19.2. The van der Waals surface area contributed by atoms with Gasteiger partial charge in [-0.15, -0.1) is 0 Å². The molecule has 0 radical (unpaired) electrons. The van der Waals surface area contributed by atoms with Crippen molar-refractivity contribution in [3.63, 3.8) is 0 Å². The van der Waals surface area contributed by atoms with Crippen LogP contribution in [0, 0.1) is 6.92 Å². The number of hydrogen-bond donors (Lipinski definition) is 0. The molecule has 1 aliphatic rings. The van der Waals surface area contributed by atoms with Crippen LogP contribution in [0.5, 0.6) is 5.75 Å². The van der Waals surface area contributed by atoms with Gasteiger partial charge in [-0.05, 0) is 25.5 Å². The molecule has 0 N–H and O–H groups in total. The summed E-state index contributed by atoms with van der Waals surface area (Å²) in [6.45, 7) is 5.66. The molecule has 1 aromatic carbocycles. The zero-order valence-electron chi connectivity index (χ0n) is 15.6. The predicted molar refractivity (Wildman–Crippen MR) is 98.4 cm³/mol. The summed E-state index contributed by atoms with van der Waals surface area (Å²) in [7, 11) is -2.04. The van der Waals surface area contributed by atoms with Gasteiger partial charge in [0.05, 0.1) is 6.61 Å². The van der Waals surface area contributed by atoms with Crippen molar-refractivity contribution in [1.29, 1.82) is 0 Å². The fourth-order valence-electron chi connectivity index (χ4n) is 2.63. The number of amides is 1. The van der Waals surface area contributed by atoms with Gasteiger partial charge in [0.1, 0.15) is 12.4 Å². The highest BCUT2D eigenvalue weighted by Crippen LogP contribution is 2.16. The molecule has 0 saturated carbocycles. The highest BCUT2D eigenvalue weighted by atomic mass is 32.2. The Labute approximate surface area is 155 Å². The molecular formula is C17H27N3O5S. The molecular weight excluding hydrogens is 358 g/mol. The number of hydrogen-bond acceptors (Lipinski definition) is 5. The first kappa shape index (κ1) is 20.5. The van der Waals surface area contributed by atoms with E-state index in [1.807, 2.05) is 31.2 Å². The van der Waals surface area contributed by atoms with Gasteiger partial charge in [-0.1, -0.05) is 18.2 Å². The maximum Gasteiger partial charge on any atom is 0.409 e. The summed E-state index contributed by atoms with van der Waals surface area (Å²) in [6, 6.07) is 7.61. The van der Waals surface area contributed by atoms with Crippen LogP contribution in [0.15, 0.2) is 24.3 Å². The molecule has 0 aromatic heterocycles. The van der Waals surface area contributed by atoms with Crippen molar-refractivity contribution in [1.82, 2.24) is 13.5 Å². The molecule has 0 atom stereocenters. The van der Waals surface area contributed by atoms with E-state index in [4.69, 9.17) is 9.47 Å². The fraction of sp³-hybridized carbons (Fsp3) is 0.588. The Kier molecular flexibility index (Phi) is 7.24. The smallest absolute Gasteiger partial charge is 0.409 e. The largest absolute Gasteiger partial charge is 0.492 e. The van der Waals surface area contributed by atoms with Crippen LogP contribution in [0.1, 0.15) is 12.5 Å². The number of piperazine rings is 1. The number of nitrogens with zero attached hydrogens (tertiary/aromatic N) is 3. The number of carbonyl (C=O) groups excluding carboxylic acids is 1. The number of rotatable bonds is 7. The Balaban J connectivity index is 1.83. The molecule has 1 heterocycles. The van der Waals surface area contributed by atoms with Gasteiger partial charge >= 0.3 is 6.09 Å². The second-order valence-electron chi connectivity index (χ2n) is 6.03. The third-order valence-corrected chi connectivity index (χ3v) is 6.23. The van der Waals surface area contributed by atoms with Gasteiger partial charge in [-0.3, -0.25) is 0 Å². The first-order valence-corrected chi connectivity index (χ1v) is 10.1. The summed E-state index contributed by atoms with van der Waals surface area (Å²) in [5.74, 6) is 0.751. The number of carbonyl (C=O) groups is 1. The van der Waals surface area contributed by atoms with E-state index < -0.39 is 16.3 Å². The van der Waals surface area contributed by atoms with E-state index in [0.717, 1.165) is 11.3 Å². The van der Waals surface area contributed by atoms with Crippen molar-refractivity contribution >= 4 is 16.3 Å². The van der Waals surface area contributed by atoms with Gasteiger partial charge in [-0.2, -0.15) is 17.0 Å². The van der Waals surface area contributed by atoms with Gasteiger partial charge in [0.2, 0.25) is 0 Å². The standard InChI is InChI=1S/C17H27N3O5S/c1-4-24-17(21)19-9-11-20(12-10-19)26(22,23)18(3)13-14-25-16-8-6-5-7-15(16)2/h5-8H,4,9-14H2,1-3H3. The monoisotopic (exact) mass is 385 g/mol. The maximum atomic E-state index is 12.7. The third-order valence-electron chi connectivity index (χ3n) is 4.24. The van der Waals surface area contributed by atoms with Crippen LogP contribution in [-0.2, 0) is 14.9 Å². The summed E-state index contributed by atoms with van der Waals surface area (Å²) < 4.78 is 38.6. The Hall–Kier alpha value is -1.84. The summed E-state index contributed by atoms with van der Waals surface area (Å²) in [6.07, 6.45) is -0.399. The molecule has 146 valence electrons. The lowest BCUT2D eigenvalue weighted by atomic mass is 10.2. The SMILES string of the molecule is CCOC(=O)N1CCN(S(=O)(=O)N(C)CCOc2ccccc2C)CC1. The van der Waals surface area contributed by atoms with Crippen molar-refractivity contribution in [2.24, 2.45) is 0 Å². The van der Waals surface area contributed by atoms with Crippen molar-refractivity contribution in [3.8, 4) is 5.75 Å². The first-order chi connectivity index (χ1) is 12.4. The molecule has 0 bridgehead atoms. The van der Waals surface area contributed by atoms with Crippen LogP contribution in [0.3, 0.4) is 0 Å². The average Bonchev–Trinajstić information content (AvgIpc) is 2.63. The molecule has 2 rings (SSSR count). The van der Waals surface area contributed by atoms with Crippen LogP contribution in [0.2, 0.25) is 0 Å². The third kappa shape index (κ3) is 5.09. The molecule has 9 heteroatoms. The van der Waals surface area contributed by atoms with Crippen LogP contribution in [0.4, 0.5) is 4.79 Å². The summed E-state index contributed by atoms with van der Waals surface area (Å²) in [5.41, 5.74) is 1.01. The fourth-order valence-corrected chi connectivity index (χ4v) is 3.96. The van der Waals surface area contributed by atoms with Gasteiger partial charge in [0, 0.05) is 39.8 Å². The van der Waals surface area contributed by atoms with Gasteiger partial charge < -0.3 is 14.4 Å². The molecule has 0 unspecified atom stereocenters. The highest BCUT2D eigenvalue weighted by Gasteiger charge is 2.32. The van der Waals surface area contributed by atoms with Crippen LogP contribution in [-0.4, -0.2) is 81.0 Å². The molecule has 0 spiro atoms. The Morgan fingerprint density at radius 2 is 1.85 bits per heavy atom.